The number of nitrogens with one attached hydrogen (secondary N) is 1. The average molecular weight is 550 g/mol. The minimum atomic E-state index is -3.32. The van der Waals surface area contributed by atoms with Crippen molar-refractivity contribution >= 4 is 27.6 Å². The molecule has 0 spiro atoms. The molecule has 2 aliphatic heterocycles. The quantitative estimate of drug-likeness (QED) is 0.445. The molecule has 2 saturated heterocycles. The van der Waals surface area contributed by atoms with Gasteiger partial charge in [-0.25, -0.2) is 18.4 Å². The third-order valence-corrected chi connectivity index (χ3v) is 9.08. The predicted molar refractivity (Wildman–Crippen MR) is 146 cm³/mol. The highest BCUT2D eigenvalue weighted by Gasteiger charge is 2.49. The maximum absolute atomic E-state index is 12.8. The van der Waals surface area contributed by atoms with Gasteiger partial charge in [0.25, 0.3) is 5.91 Å². The van der Waals surface area contributed by atoms with Gasteiger partial charge in [-0.1, -0.05) is 0 Å². The van der Waals surface area contributed by atoms with Gasteiger partial charge in [-0.3, -0.25) is 9.48 Å². The lowest BCUT2D eigenvalue weighted by Gasteiger charge is -2.47. The second kappa shape index (κ2) is 10.7. The van der Waals surface area contributed by atoms with Crippen molar-refractivity contribution in [2.24, 2.45) is 0 Å². The first-order valence-electron chi connectivity index (χ1n) is 12.8. The summed E-state index contributed by atoms with van der Waals surface area (Å²) in [5, 5.41) is 17.0. The summed E-state index contributed by atoms with van der Waals surface area (Å²) in [6.45, 7) is 5.21. The van der Waals surface area contributed by atoms with Gasteiger partial charge >= 0.3 is 0 Å². The third kappa shape index (κ3) is 5.49. The number of carbonyl (C=O) groups is 1. The van der Waals surface area contributed by atoms with Gasteiger partial charge < -0.3 is 15.1 Å². The SMILES string of the molecule is CCS(=O)(=O)N1CC(CC#N)(n2cc(-c3ccnc(Nc4ccc(C(=O)N5CCN(C)CC5)cc4)n3)cn2)C1. The lowest BCUT2D eigenvalue weighted by Crippen LogP contribution is -2.64. The smallest absolute Gasteiger partial charge is 0.253 e. The van der Waals surface area contributed by atoms with E-state index in [9.17, 15) is 18.5 Å². The number of sulfonamides is 1. The minimum Gasteiger partial charge on any atom is -0.336 e. The van der Waals surface area contributed by atoms with E-state index >= 15 is 0 Å². The number of carbonyl (C=O) groups excluding carboxylic acids is 1. The molecule has 0 aliphatic carbocycles. The van der Waals surface area contributed by atoms with E-state index in [1.807, 2.05) is 17.0 Å². The van der Waals surface area contributed by atoms with Crippen LogP contribution in [0.25, 0.3) is 11.3 Å². The zero-order valence-corrected chi connectivity index (χ0v) is 22.8. The van der Waals surface area contributed by atoms with E-state index < -0.39 is 15.6 Å². The molecule has 3 aromatic rings. The Morgan fingerprint density at radius 2 is 1.85 bits per heavy atom. The maximum Gasteiger partial charge on any atom is 0.253 e. The second-order valence-electron chi connectivity index (χ2n) is 9.96. The van der Waals surface area contributed by atoms with Gasteiger partial charge in [0.2, 0.25) is 16.0 Å². The van der Waals surface area contributed by atoms with E-state index in [4.69, 9.17) is 0 Å². The number of anilines is 2. The topological polar surface area (TPSA) is 140 Å². The second-order valence-corrected chi connectivity index (χ2v) is 12.2. The zero-order valence-electron chi connectivity index (χ0n) is 22.0. The molecule has 0 unspecified atom stereocenters. The highest BCUT2D eigenvalue weighted by molar-refractivity contribution is 7.89. The first-order chi connectivity index (χ1) is 18.7. The average Bonchev–Trinajstić information content (AvgIpc) is 3.42. The largest absolute Gasteiger partial charge is 0.336 e. The van der Waals surface area contributed by atoms with Crippen molar-refractivity contribution in [3.05, 3.63) is 54.5 Å². The summed E-state index contributed by atoms with van der Waals surface area (Å²) in [5.41, 5.74) is 2.04. The number of hydrogen-bond acceptors (Lipinski definition) is 9. The summed E-state index contributed by atoms with van der Waals surface area (Å²) in [6.07, 6.45) is 5.23. The van der Waals surface area contributed by atoms with Crippen LogP contribution >= 0.6 is 0 Å². The van der Waals surface area contributed by atoms with Gasteiger partial charge in [0.05, 0.1) is 30.1 Å². The number of likely N-dealkylation sites (N-methyl/N-ethyl adjacent to an activating group) is 1. The Bertz CT molecular complexity index is 1480. The third-order valence-electron chi connectivity index (χ3n) is 7.31. The lowest BCUT2D eigenvalue weighted by atomic mass is 9.89. The molecule has 2 fully saturated rings. The fourth-order valence-electron chi connectivity index (χ4n) is 4.79. The summed E-state index contributed by atoms with van der Waals surface area (Å²) in [7, 11) is -1.27. The van der Waals surface area contributed by atoms with Gasteiger partial charge in [-0.15, -0.1) is 0 Å². The Hall–Kier alpha value is -3.86. The number of nitriles is 1. The van der Waals surface area contributed by atoms with Gasteiger partial charge in [-0.05, 0) is 44.3 Å². The standard InChI is InChI=1S/C26H31N9O3S/c1-3-39(37,38)34-18-26(19-34,9-10-27)35-17-21(16-29-35)23-8-11-28-25(31-23)30-22-6-4-20(5-7-22)24(36)33-14-12-32(2)13-15-33/h4-8,11,16-17H,3,9,12-15,18-19H2,1-2H3,(H,28,30,31). The number of nitrogens with zero attached hydrogens (tertiary/aromatic N) is 8. The van der Waals surface area contributed by atoms with Crippen molar-refractivity contribution in [3.63, 3.8) is 0 Å². The van der Waals surface area contributed by atoms with E-state index in [0.717, 1.165) is 37.4 Å². The molecule has 0 bridgehead atoms. The molecule has 39 heavy (non-hydrogen) atoms. The molecule has 1 N–H and O–H groups in total. The van der Waals surface area contributed by atoms with Crippen LogP contribution in [0, 0.1) is 11.3 Å². The molecule has 0 radical (unpaired) electrons. The first kappa shape index (κ1) is 26.7. The van der Waals surface area contributed by atoms with Crippen LogP contribution in [-0.2, 0) is 15.6 Å². The summed E-state index contributed by atoms with van der Waals surface area (Å²) in [6, 6.07) is 11.2. The number of piperazine rings is 1. The summed E-state index contributed by atoms with van der Waals surface area (Å²) < 4.78 is 27.5. The zero-order chi connectivity index (χ0) is 27.6. The lowest BCUT2D eigenvalue weighted by molar-refractivity contribution is 0.0664. The predicted octanol–water partition coefficient (Wildman–Crippen LogP) is 1.75. The van der Waals surface area contributed by atoms with E-state index in [1.165, 1.54) is 4.31 Å². The highest BCUT2D eigenvalue weighted by Crippen LogP contribution is 2.35. The van der Waals surface area contributed by atoms with Gasteiger partial charge in [0, 0.05) is 68.5 Å². The molecule has 2 aromatic heterocycles. The molecule has 1 aromatic carbocycles. The van der Waals surface area contributed by atoms with Crippen LogP contribution in [-0.4, -0.2) is 100 Å². The van der Waals surface area contributed by atoms with Crippen LogP contribution in [0.5, 0.6) is 0 Å². The molecule has 204 valence electrons. The molecule has 13 heteroatoms. The summed E-state index contributed by atoms with van der Waals surface area (Å²) in [5.74, 6) is 0.432. The van der Waals surface area contributed by atoms with Crippen LogP contribution in [0.3, 0.4) is 0 Å². The van der Waals surface area contributed by atoms with Gasteiger partial charge in [0.15, 0.2) is 0 Å². The molecule has 2 aliphatic rings. The molecule has 5 rings (SSSR count). The summed E-state index contributed by atoms with van der Waals surface area (Å²) >= 11 is 0. The summed E-state index contributed by atoms with van der Waals surface area (Å²) in [4.78, 5) is 25.8. The van der Waals surface area contributed by atoms with Gasteiger partial charge in [0.1, 0.15) is 5.54 Å². The number of rotatable bonds is 8. The minimum absolute atomic E-state index is 0.0198. The van der Waals surface area contributed by atoms with Crippen LogP contribution in [0.1, 0.15) is 23.7 Å². The Labute approximate surface area is 227 Å². The van der Waals surface area contributed by atoms with E-state index in [-0.39, 0.29) is 31.2 Å². The van der Waals surface area contributed by atoms with Crippen LogP contribution in [0.4, 0.5) is 11.6 Å². The molecular weight excluding hydrogens is 518 g/mol. The molecule has 0 saturated carbocycles. The van der Waals surface area contributed by atoms with Crippen molar-refractivity contribution in [2.45, 2.75) is 18.9 Å². The Kier molecular flexibility index (Phi) is 7.35. The Morgan fingerprint density at radius 3 is 2.51 bits per heavy atom. The monoisotopic (exact) mass is 549 g/mol. The van der Waals surface area contributed by atoms with Crippen LogP contribution in [0.2, 0.25) is 0 Å². The van der Waals surface area contributed by atoms with E-state index in [1.54, 1.807) is 48.4 Å². The fraction of sp³-hybridized carbons (Fsp3) is 0.423. The number of benzene rings is 1. The van der Waals surface area contributed by atoms with E-state index in [0.29, 0.717) is 17.2 Å². The molecular formula is C26H31N9O3S. The van der Waals surface area contributed by atoms with E-state index in [2.05, 4.69) is 38.4 Å². The highest BCUT2D eigenvalue weighted by atomic mass is 32.2. The van der Waals surface area contributed by atoms with Crippen molar-refractivity contribution in [2.75, 3.05) is 57.4 Å². The molecule has 1 amide bonds. The Balaban J connectivity index is 1.27. The number of hydrogen-bond donors (Lipinski definition) is 1. The molecule has 4 heterocycles. The maximum atomic E-state index is 12.8. The fourth-order valence-corrected chi connectivity index (χ4v) is 6.03. The number of aromatic nitrogens is 4. The number of amides is 1. The van der Waals surface area contributed by atoms with Crippen molar-refractivity contribution in [1.29, 1.82) is 5.26 Å². The van der Waals surface area contributed by atoms with Crippen LogP contribution in [0.15, 0.2) is 48.9 Å². The van der Waals surface area contributed by atoms with Gasteiger partial charge in [-0.2, -0.15) is 14.7 Å². The van der Waals surface area contributed by atoms with Crippen molar-refractivity contribution in [1.82, 2.24) is 33.9 Å². The normalized spacial score (nSPS) is 17.8. The molecule has 0 atom stereocenters. The Morgan fingerprint density at radius 1 is 1.13 bits per heavy atom. The van der Waals surface area contributed by atoms with Crippen molar-refractivity contribution < 1.29 is 13.2 Å². The molecule has 12 nitrogen and oxygen atoms in total. The van der Waals surface area contributed by atoms with Crippen LogP contribution < -0.4 is 5.32 Å². The van der Waals surface area contributed by atoms with Crippen molar-refractivity contribution in [3.8, 4) is 17.3 Å². The first-order valence-corrected chi connectivity index (χ1v) is 14.4.